The van der Waals surface area contributed by atoms with Gasteiger partial charge >= 0.3 is 7.12 Å². The maximum atomic E-state index is 6.94. The van der Waals surface area contributed by atoms with Crippen LogP contribution in [0.5, 0.6) is 0 Å². The van der Waals surface area contributed by atoms with Gasteiger partial charge in [-0.05, 0) is 22.3 Å². The number of methoxy groups -OCH3 is 2. The molecule has 0 bridgehead atoms. The molecule has 1 heterocycles. The molecule has 0 unspecified atom stereocenters. The number of hydrogen-bond acceptors (Lipinski definition) is 4. The van der Waals surface area contributed by atoms with Gasteiger partial charge in [-0.1, -0.05) is 134 Å². The van der Waals surface area contributed by atoms with Crippen molar-refractivity contribution in [2.75, 3.05) is 14.2 Å². The summed E-state index contributed by atoms with van der Waals surface area (Å²) in [4.78, 5) is 0. The first kappa shape index (κ1) is 27.1. The molecule has 4 aromatic carbocycles. The average molecular weight is 518 g/mol. The molecule has 1 aliphatic heterocycles. The summed E-state index contributed by atoms with van der Waals surface area (Å²) in [5.41, 5.74) is 1.86. The van der Waals surface area contributed by atoms with E-state index in [1.54, 1.807) is 14.2 Å². The monoisotopic (exact) mass is 518 g/mol. The van der Waals surface area contributed by atoms with Crippen LogP contribution in [0.3, 0.4) is 0 Å². The van der Waals surface area contributed by atoms with E-state index in [1.165, 1.54) is 0 Å². The van der Waals surface area contributed by atoms with Crippen molar-refractivity contribution in [3.8, 4) is 0 Å². The molecule has 1 aliphatic rings. The minimum atomic E-state index is -1.00. The zero-order valence-electron chi connectivity index (χ0n) is 22.8. The van der Waals surface area contributed by atoms with E-state index in [0.717, 1.165) is 22.3 Å². The fraction of sp³-hybridized carbons (Fsp3) is 0.235. The molecule has 0 saturated carbocycles. The molecule has 0 radical (unpaired) electrons. The smallest absolute Gasteiger partial charge is 0.401 e. The van der Waals surface area contributed by atoms with Crippen LogP contribution in [0.4, 0.5) is 0 Å². The molecular weight excluding hydrogens is 483 g/mol. The predicted molar refractivity (Wildman–Crippen MR) is 156 cm³/mol. The van der Waals surface area contributed by atoms with E-state index in [-0.39, 0.29) is 5.82 Å². The highest BCUT2D eigenvalue weighted by molar-refractivity contribution is 6.47. The van der Waals surface area contributed by atoms with Crippen molar-refractivity contribution in [2.24, 2.45) is 0 Å². The van der Waals surface area contributed by atoms with E-state index < -0.39 is 30.5 Å². The van der Waals surface area contributed by atoms with Crippen molar-refractivity contribution >= 4 is 7.12 Å². The molecular formula is C34H35BO4. The van der Waals surface area contributed by atoms with Gasteiger partial charge in [0.2, 0.25) is 0 Å². The molecule has 3 atom stereocenters. The predicted octanol–water partition coefficient (Wildman–Crippen LogP) is 7.02. The van der Waals surface area contributed by atoms with Gasteiger partial charge in [0.1, 0.15) is 23.4 Å². The number of benzene rings is 4. The number of ether oxygens (including phenoxy) is 2. The second-order valence-corrected chi connectivity index (χ2v) is 9.92. The first-order valence-corrected chi connectivity index (χ1v) is 13.4. The van der Waals surface area contributed by atoms with Gasteiger partial charge in [-0.3, -0.25) is 0 Å². The molecule has 1 fully saturated rings. The van der Waals surface area contributed by atoms with Gasteiger partial charge in [-0.25, -0.2) is 0 Å². The van der Waals surface area contributed by atoms with Gasteiger partial charge in [0.25, 0.3) is 0 Å². The van der Waals surface area contributed by atoms with Crippen molar-refractivity contribution in [3.05, 3.63) is 156 Å². The molecule has 4 nitrogen and oxygen atoms in total. The summed E-state index contributed by atoms with van der Waals surface area (Å²) in [7, 11) is 2.93. The summed E-state index contributed by atoms with van der Waals surface area (Å²) in [6, 6.07) is 40.9. The van der Waals surface area contributed by atoms with E-state index in [4.69, 9.17) is 18.8 Å². The van der Waals surface area contributed by atoms with E-state index in [2.05, 4.69) is 62.0 Å². The van der Waals surface area contributed by atoms with E-state index in [9.17, 15) is 0 Å². The SMILES string of the molecule is C=C[C@H](C)B1O[C@@H](C(OC)(c2ccccc2)c2ccccc2)[C@H](C(OC)(c2ccccc2)c2ccccc2)O1. The number of rotatable bonds is 10. The third kappa shape index (κ3) is 4.66. The summed E-state index contributed by atoms with van der Waals surface area (Å²) < 4.78 is 27.1. The molecule has 198 valence electrons. The lowest BCUT2D eigenvalue weighted by atomic mass is 9.71. The van der Waals surface area contributed by atoms with Crippen LogP contribution in [-0.4, -0.2) is 33.5 Å². The van der Waals surface area contributed by atoms with Crippen molar-refractivity contribution in [1.29, 1.82) is 0 Å². The van der Waals surface area contributed by atoms with E-state index in [0.29, 0.717) is 0 Å². The normalized spacial score (nSPS) is 18.6. The summed E-state index contributed by atoms with van der Waals surface area (Å²) in [5.74, 6) is -0.0697. The van der Waals surface area contributed by atoms with Crippen LogP contribution in [-0.2, 0) is 30.0 Å². The standard InChI is InChI=1S/C34H35BO4/c1-5-26(2)35-38-31(33(36-3,27-18-10-6-11-19-27)28-20-12-7-13-21-28)32(39-35)34(37-4,29-22-14-8-15-23-29)30-24-16-9-17-25-30/h5-26,31-32H,1H2,2-4H3/t26-,31+,32+/m0/s1. The Morgan fingerprint density at radius 1 is 0.615 bits per heavy atom. The van der Waals surface area contributed by atoms with Crippen LogP contribution in [0, 0.1) is 0 Å². The largest absolute Gasteiger partial charge is 0.464 e. The van der Waals surface area contributed by atoms with Crippen LogP contribution >= 0.6 is 0 Å². The van der Waals surface area contributed by atoms with Gasteiger partial charge in [-0.15, -0.1) is 6.58 Å². The van der Waals surface area contributed by atoms with Crippen molar-refractivity contribution < 1.29 is 18.8 Å². The quantitative estimate of drug-likeness (QED) is 0.167. The Hall–Kier alpha value is -3.48. The molecule has 0 amide bonds. The third-order valence-corrected chi connectivity index (χ3v) is 7.89. The lowest BCUT2D eigenvalue weighted by Crippen LogP contribution is -2.56. The molecule has 39 heavy (non-hydrogen) atoms. The van der Waals surface area contributed by atoms with E-state index >= 15 is 0 Å². The Labute approximate surface area is 232 Å². The van der Waals surface area contributed by atoms with Crippen LogP contribution in [0.15, 0.2) is 134 Å². The Bertz CT molecular complexity index is 1150. The summed E-state index contributed by atoms with van der Waals surface area (Å²) in [6.07, 6.45) is 0.670. The average Bonchev–Trinajstić information content (AvgIpc) is 3.46. The van der Waals surface area contributed by atoms with Crippen LogP contribution in [0.25, 0.3) is 0 Å². The maximum absolute atomic E-state index is 6.94. The summed E-state index contributed by atoms with van der Waals surface area (Å²) in [5, 5.41) is 0. The minimum Gasteiger partial charge on any atom is -0.401 e. The molecule has 5 rings (SSSR count). The molecule has 0 N–H and O–H groups in total. The van der Waals surface area contributed by atoms with Crippen molar-refractivity contribution in [1.82, 2.24) is 0 Å². The summed E-state index contributed by atoms with van der Waals surface area (Å²) >= 11 is 0. The Kier molecular flexibility index (Phi) is 8.15. The van der Waals surface area contributed by atoms with Crippen LogP contribution in [0.1, 0.15) is 29.2 Å². The number of hydrogen-bond donors (Lipinski definition) is 0. The topological polar surface area (TPSA) is 36.9 Å². The lowest BCUT2D eigenvalue weighted by molar-refractivity contribution is -0.136. The highest BCUT2D eigenvalue weighted by Gasteiger charge is 2.62. The molecule has 1 saturated heterocycles. The molecule has 4 aromatic rings. The van der Waals surface area contributed by atoms with E-state index in [1.807, 2.05) is 78.9 Å². The first-order valence-electron chi connectivity index (χ1n) is 13.4. The highest BCUT2D eigenvalue weighted by atomic mass is 16.7. The summed E-state index contributed by atoms with van der Waals surface area (Å²) in [6.45, 7) is 6.08. The second kappa shape index (κ2) is 11.7. The molecule has 0 aliphatic carbocycles. The Morgan fingerprint density at radius 2 is 0.897 bits per heavy atom. The van der Waals surface area contributed by atoms with Crippen LogP contribution < -0.4 is 0 Å². The fourth-order valence-electron chi connectivity index (χ4n) is 5.88. The van der Waals surface area contributed by atoms with Gasteiger partial charge in [0.15, 0.2) is 0 Å². The molecule has 0 spiro atoms. The van der Waals surface area contributed by atoms with Crippen molar-refractivity contribution in [2.45, 2.75) is 36.2 Å². The highest BCUT2D eigenvalue weighted by Crippen LogP contribution is 2.51. The Morgan fingerprint density at radius 3 is 1.13 bits per heavy atom. The molecule has 0 aromatic heterocycles. The van der Waals surface area contributed by atoms with Crippen molar-refractivity contribution in [3.63, 3.8) is 0 Å². The number of allylic oxidation sites excluding steroid dienone is 1. The fourth-order valence-corrected chi connectivity index (χ4v) is 5.88. The third-order valence-electron chi connectivity index (χ3n) is 7.89. The van der Waals surface area contributed by atoms with Gasteiger partial charge in [0, 0.05) is 20.0 Å². The Balaban J connectivity index is 1.81. The maximum Gasteiger partial charge on any atom is 0.464 e. The minimum absolute atomic E-state index is 0.0697. The lowest BCUT2D eigenvalue weighted by Gasteiger charge is -2.47. The van der Waals surface area contributed by atoms with Gasteiger partial charge in [0.05, 0.1) is 0 Å². The molecule has 5 heteroatoms. The second-order valence-electron chi connectivity index (χ2n) is 9.92. The van der Waals surface area contributed by atoms with Gasteiger partial charge in [-0.2, -0.15) is 0 Å². The first-order chi connectivity index (χ1) is 19.1. The van der Waals surface area contributed by atoms with Crippen LogP contribution in [0.2, 0.25) is 5.82 Å². The van der Waals surface area contributed by atoms with Gasteiger partial charge < -0.3 is 18.8 Å². The zero-order valence-corrected chi connectivity index (χ0v) is 22.8. The zero-order chi connectivity index (χ0) is 27.3.